The SMILES string of the molecule is N#CCC#Cc1[nH]nc(N)c1C#N. The van der Waals surface area contributed by atoms with Crippen LogP contribution in [0.25, 0.3) is 0 Å². The first-order valence-corrected chi connectivity index (χ1v) is 3.39. The minimum Gasteiger partial charge on any atom is -0.381 e. The molecule has 62 valence electrons. The Morgan fingerprint density at radius 2 is 2.23 bits per heavy atom. The van der Waals surface area contributed by atoms with Gasteiger partial charge in [-0.15, -0.1) is 0 Å². The van der Waals surface area contributed by atoms with Gasteiger partial charge in [0.05, 0.1) is 12.5 Å². The van der Waals surface area contributed by atoms with E-state index in [1.165, 1.54) is 0 Å². The third-order valence-electron chi connectivity index (χ3n) is 1.29. The van der Waals surface area contributed by atoms with E-state index in [4.69, 9.17) is 16.3 Å². The van der Waals surface area contributed by atoms with Crippen LogP contribution in [-0.4, -0.2) is 10.2 Å². The number of nitrogen functional groups attached to an aromatic ring is 1. The predicted octanol–water partition coefficient (Wildman–Crippen LogP) is 0.129. The van der Waals surface area contributed by atoms with E-state index in [-0.39, 0.29) is 17.8 Å². The summed E-state index contributed by atoms with van der Waals surface area (Å²) in [5, 5.41) is 22.9. The molecule has 0 unspecified atom stereocenters. The van der Waals surface area contributed by atoms with Gasteiger partial charge < -0.3 is 5.73 Å². The van der Waals surface area contributed by atoms with Crippen LogP contribution in [0.15, 0.2) is 0 Å². The Morgan fingerprint density at radius 3 is 2.85 bits per heavy atom. The first-order chi connectivity index (χ1) is 6.29. The Kier molecular flexibility index (Phi) is 2.53. The van der Waals surface area contributed by atoms with Gasteiger partial charge in [-0.3, -0.25) is 5.10 Å². The molecule has 1 aromatic rings. The molecule has 0 aliphatic carbocycles. The molecule has 0 spiro atoms. The number of anilines is 1. The number of nitrogens with two attached hydrogens (primary N) is 1. The Labute approximate surface area is 74.8 Å². The number of hydrogen-bond donors (Lipinski definition) is 2. The molecule has 5 heteroatoms. The Bertz CT molecular complexity index is 446. The zero-order chi connectivity index (χ0) is 9.68. The van der Waals surface area contributed by atoms with Gasteiger partial charge in [0, 0.05) is 0 Å². The summed E-state index contributed by atoms with van der Waals surface area (Å²) in [5.41, 5.74) is 5.94. The number of rotatable bonds is 0. The predicted molar refractivity (Wildman–Crippen MR) is 44.8 cm³/mol. The van der Waals surface area contributed by atoms with E-state index in [0.717, 1.165) is 0 Å². The maximum atomic E-state index is 8.62. The van der Waals surface area contributed by atoms with Crippen molar-refractivity contribution in [2.75, 3.05) is 5.73 Å². The standard InChI is InChI=1S/C8H5N5/c9-4-2-1-3-7-6(5-10)8(11)13-12-7/h2H2,(H3,11,12,13). The Hall–Kier alpha value is -2.45. The lowest BCUT2D eigenvalue weighted by atomic mass is 10.2. The fourth-order valence-electron chi connectivity index (χ4n) is 0.732. The maximum Gasteiger partial charge on any atom is 0.164 e. The molecule has 3 N–H and O–H groups in total. The molecule has 0 fully saturated rings. The molecule has 1 aromatic heterocycles. The van der Waals surface area contributed by atoms with E-state index >= 15 is 0 Å². The van der Waals surface area contributed by atoms with E-state index in [9.17, 15) is 0 Å². The molecule has 0 amide bonds. The van der Waals surface area contributed by atoms with Crippen LogP contribution in [0.4, 0.5) is 5.82 Å². The van der Waals surface area contributed by atoms with E-state index in [1.54, 1.807) is 0 Å². The van der Waals surface area contributed by atoms with Crippen LogP contribution in [0.2, 0.25) is 0 Å². The summed E-state index contributed by atoms with van der Waals surface area (Å²) in [5.74, 6) is 5.27. The summed E-state index contributed by atoms with van der Waals surface area (Å²) in [4.78, 5) is 0. The fraction of sp³-hybridized carbons (Fsp3) is 0.125. The molecule has 13 heavy (non-hydrogen) atoms. The lowest BCUT2D eigenvalue weighted by molar-refractivity contribution is 1.08. The molecule has 0 atom stereocenters. The largest absolute Gasteiger partial charge is 0.381 e. The molecule has 0 radical (unpaired) electrons. The van der Waals surface area contributed by atoms with Crippen LogP contribution in [0.3, 0.4) is 0 Å². The summed E-state index contributed by atoms with van der Waals surface area (Å²) in [6.45, 7) is 0. The highest BCUT2D eigenvalue weighted by molar-refractivity contribution is 5.56. The summed E-state index contributed by atoms with van der Waals surface area (Å²) < 4.78 is 0. The molecule has 0 bridgehead atoms. The molecule has 1 rings (SSSR count). The number of hydrogen-bond acceptors (Lipinski definition) is 4. The second-order valence-corrected chi connectivity index (χ2v) is 2.11. The third-order valence-corrected chi connectivity index (χ3v) is 1.29. The van der Waals surface area contributed by atoms with Crippen molar-refractivity contribution in [2.24, 2.45) is 0 Å². The van der Waals surface area contributed by atoms with Crippen LogP contribution in [0.5, 0.6) is 0 Å². The molecule has 0 saturated carbocycles. The minimum atomic E-state index is 0.115. The van der Waals surface area contributed by atoms with Gasteiger partial charge in [-0.1, -0.05) is 5.92 Å². The summed E-state index contributed by atoms with van der Waals surface area (Å²) in [6, 6.07) is 3.73. The highest BCUT2D eigenvalue weighted by Gasteiger charge is 2.06. The average Bonchev–Trinajstić information content (AvgIpc) is 2.47. The maximum absolute atomic E-state index is 8.62. The number of H-pyrrole nitrogens is 1. The molecule has 0 aliphatic heterocycles. The lowest BCUT2D eigenvalue weighted by Crippen LogP contribution is -1.87. The van der Waals surface area contributed by atoms with Crippen molar-refractivity contribution in [3.8, 4) is 24.0 Å². The van der Waals surface area contributed by atoms with Gasteiger partial charge in [-0.25, -0.2) is 0 Å². The van der Waals surface area contributed by atoms with Gasteiger partial charge >= 0.3 is 0 Å². The van der Waals surface area contributed by atoms with Crippen LogP contribution < -0.4 is 5.73 Å². The number of nitriles is 2. The molecular formula is C8H5N5. The normalized spacial score (nSPS) is 7.85. The second-order valence-electron chi connectivity index (χ2n) is 2.11. The average molecular weight is 171 g/mol. The molecular weight excluding hydrogens is 166 g/mol. The van der Waals surface area contributed by atoms with Crippen molar-refractivity contribution in [3.05, 3.63) is 11.3 Å². The van der Waals surface area contributed by atoms with Crippen molar-refractivity contribution >= 4 is 5.82 Å². The summed E-state index contributed by atoms with van der Waals surface area (Å²) in [7, 11) is 0. The first kappa shape index (κ1) is 8.64. The number of nitrogens with one attached hydrogen (secondary N) is 1. The van der Waals surface area contributed by atoms with E-state index < -0.39 is 0 Å². The van der Waals surface area contributed by atoms with Gasteiger partial charge in [-0.05, 0) is 5.92 Å². The Balaban J connectivity index is 3.00. The van der Waals surface area contributed by atoms with Crippen LogP contribution in [-0.2, 0) is 0 Å². The Morgan fingerprint density at radius 1 is 1.46 bits per heavy atom. The zero-order valence-corrected chi connectivity index (χ0v) is 6.63. The van der Waals surface area contributed by atoms with E-state index in [2.05, 4.69) is 22.0 Å². The first-order valence-electron chi connectivity index (χ1n) is 3.39. The molecule has 0 aromatic carbocycles. The van der Waals surface area contributed by atoms with Crippen molar-refractivity contribution in [3.63, 3.8) is 0 Å². The highest BCUT2D eigenvalue weighted by Crippen LogP contribution is 2.09. The second kappa shape index (κ2) is 3.80. The quantitative estimate of drug-likeness (QED) is 0.541. The molecule has 0 saturated heterocycles. The minimum absolute atomic E-state index is 0.115. The van der Waals surface area contributed by atoms with Gasteiger partial charge in [0.15, 0.2) is 5.82 Å². The topological polar surface area (TPSA) is 102 Å². The monoisotopic (exact) mass is 171 g/mol. The zero-order valence-electron chi connectivity index (χ0n) is 6.63. The number of aromatic amines is 1. The van der Waals surface area contributed by atoms with Gasteiger partial charge in [0.1, 0.15) is 17.3 Å². The van der Waals surface area contributed by atoms with E-state index in [0.29, 0.717) is 5.69 Å². The molecule has 5 nitrogen and oxygen atoms in total. The number of aromatic nitrogens is 2. The van der Waals surface area contributed by atoms with Crippen LogP contribution in [0, 0.1) is 34.5 Å². The van der Waals surface area contributed by atoms with E-state index in [1.807, 2.05) is 12.1 Å². The fourth-order valence-corrected chi connectivity index (χ4v) is 0.732. The molecule has 1 heterocycles. The van der Waals surface area contributed by atoms with Gasteiger partial charge in [0.25, 0.3) is 0 Å². The summed E-state index contributed by atoms with van der Waals surface area (Å²) in [6.07, 6.45) is 0.115. The number of nitrogens with zero attached hydrogens (tertiary/aromatic N) is 3. The summed E-state index contributed by atoms with van der Waals surface area (Å²) >= 11 is 0. The van der Waals surface area contributed by atoms with Crippen molar-refractivity contribution in [1.82, 2.24) is 10.2 Å². The highest BCUT2D eigenvalue weighted by atomic mass is 15.2. The third kappa shape index (κ3) is 1.77. The van der Waals surface area contributed by atoms with Crippen molar-refractivity contribution in [1.29, 1.82) is 10.5 Å². The van der Waals surface area contributed by atoms with Gasteiger partial charge in [-0.2, -0.15) is 15.6 Å². The van der Waals surface area contributed by atoms with Crippen molar-refractivity contribution in [2.45, 2.75) is 6.42 Å². The smallest absolute Gasteiger partial charge is 0.164 e. The van der Waals surface area contributed by atoms with Gasteiger partial charge in [0.2, 0.25) is 0 Å². The lowest BCUT2D eigenvalue weighted by Gasteiger charge is -1.81. The van der Waals surface area contributed by atoms with Crippen LogP contribution in [0.1, 0.15) is 17.7 Å². The van der Waals surface area contributed by atoms with Crippen LogP contribution >= 0.6 is 0 Å². The van der Waals surface area contributed by atoms with Crippen molar-refractivity contribution < 1.29 is 0 Å². The molecule has 0 aliphatic rings.